The number of imide groups is 1. The highest BCUT2D eigenvalue weighted by molar-refractivity contribution is 8.18. The normalized spacial score (nSPS) is 15.1. The molecule has 0 spiro atoms. The van der Waals surface area contributed by atoms with Gasteiger partial charge in [-0.15, -0.1) is 0 Å². The van der Waals surface area contributed by atoms with Gasteiger partial charge in [0, 0.05) is 14.1 Å². The molecule has 1 aliphatic rings. The minimum atomic E-state index is -0.544. The third kappa shape index (κ3) is 3.80. The fourth-order valence-corrected chi connectivity index (χ4v) is 4.32. The fourth-order valence-electron chi connectivity index (χ4n) is 3.48. The maximum atomic E-state index is 12.8. The first kappa shape index (κ1) is 21.4. The molecule has 0 unspecified atom stereocenters. The zero-order chi connectivity index (χ0) is 23.0. The van der Waals surface area contributed by atoms with E-state index in [0.29, 0.717) is 22.5 Å². The third-order valence-electron chi connectivity index (χ3n) is 5.15. The van der Waals surface area contributed by atoms with Gasteiger partial charge >= 0.3 is 5.69 Å². The lowest BCUT2D eigenvalue weighted by Gasteiger charge is -2.14. The van der Waals surface area contributed by atoms with Gasteiger partial charge < -0.3 is 10.1 Å². The van der Waals surface area contributed by atoms with Crippen LogP contribution in [-0.4, -0.2) is 44.7 Å². The summed E-state index contributed by atoms with van der Waals surface area (Å²) in [6, 6.07) is 12.2. The Morgan fingerprint density at radius 3 is 2.53 bits per heavy atom. The maximum absolute atomic E-state index is 12.8. The maximum Gasteiger partial charge on any atom is 0.328 e. The van der Waals surface area contributed by atoms with Crippen molar-refractivity contribution in [3.05, 3.63) is 63.4 Å². The number of methoxy groups -OCH3 is 1. The highest BCUT2D eigenvalue weighted by atomic mass is 32.2. The number of imidazole rings is 1. The number of amides is 3. The number of hydrogen-bond acceptors (Lipinski definition) is 6. The lowest BCUT2D eigenvalue weighted by atomic mass is 10.2. The topological polar surface area (TPSA) is 103 Å². The molecule has 2 aromatic carbocycles. The predicted octanol–water partition coefficient (Wildman–Crippen LogP) is 2.56. The van der Waals surface area contributed by atoms with Gasteiger partial charge in [0.15, 0.2) is 0 Å². The summed E-state index contributed by atoms with van der Waals surface area (Å²) in [4.78, 5) is 50.8. The van der Waals surface area contributed by atoms with Crippen LogP contribution in [0.5, 0.6) is 5.75 Å². The first-order valence-corrected chi connectivity index (χ1v) is 10.5. The molecule has 1 aromatic heterocycles. The lowest BCUT2D eigenvalue weighted by Crippen LogP contribution is -2.36. The van der Waals surface area contributed by atoms with Crippen LogP contribution in [0.1, 0.15) is 5.56 Å². The summed E-state index contributed by atoms with van der Waals surface area (Å²) in [5.74, 6) is -0.587. The number of aryl methyl sites for hydroxylation is 2. The fraction of sp³-hybridized carbons (Fsp3) is 0.182. The van der Waals surface area contributed by atoms with Gasteiger partial charge in [-0.05, 0) is 47.7 Å². The molecule has 10 heteroatoms. The summed E-state index contributed by atoms with van der Waals surface area (Å²) in [6.07, 6.45) is 1.58. The number of carbonyl (C=O) groups excluding carboxylic acids is 3. The van der Waals surface area contributed by atoms with E-state index in [0.717, 1.165) is 22.2 Å². The number of hydrogen-bond donors (Lipinski definition) is 1. The SMILES string of the molecule is COc1ccccc1NC(=O)CN1C(=O)S/C(=C/c2ccc3c(c2)n(C)c(=O)n3C)C1=O. The second-order valence-corrected chi connectivity index (χ2v) is 8.16. The van der Waals surface area contributed by atoms with E-state index < -0.39 is 23.6 Å². The Labute approximate surface area is 187 Å². The van der Waals surface area contributed by atoms with Gasteiger partial charge in [0.25, 0.3) is 11.1 Å². The molecule has 1 fully saturated rings. The number of fused-ring (bicyclic) bond motifs is 1. The number of aromatic nitrogens is 2. The highest BCUT2D eigenvalue weighted by Gasteiger charge is 2.36. The monoisotopic (exact) mass is 452 g/mol. The third-order valence-corrected chi connectivity index (χ3v) is 6.06. The molecule has 2 heterocycles. The van der Waals surface area contributed by atoms with E-state index in [-0.39, 0.29) is 10.6 Å². The largest absolute Gasteiger partial charge is 0.495 e. The van der Waals surface area contributed by atoms with Gasteiger partial charge in [0.1, 0.15) is 12.3 Å². The number of nitrogens with zero attached hydrogens (tertiary/aromatic N) is 3. The van der Waals surface area contributed by atoms with Crippen LogP contribution in [0.3, 0.4) is 0 Å². The Bertz CT molecular complexity index is 1350. The van der Waals surface area contributed by atoms with Crippen molar-refractivity contribution in [3.63, 3.8) is 0 Å². The summed E-state index contributed by atoms with van der Waals surface area (Å²) < 4.78 is 8.24. The molecular weight excluding hydrogens is 432 g/mol. The summed E-state index contributed by atoms with van der Waals surface area (Å²) >= 11 is 0.771. The smallest absolute Gasteiger partial charge is 0.328 e. The molecule has 1 N–H and O–H groups in total. The van der Waals surface area contributed by atoms with Gasteiger partial charge in [-0.25, -0.2) is 4.79 Å². The van der Waals surface area contributed by atoms with E-state index in [9.17, 15) is 19.2 Å². The Balaban J connectivity index is 1.53. The number of benzene rings is 2. The number of carbonyl (C=O) groups is 3. The molecule has 164 valence electrons. The molecule has 1 aliphatic heterocycles. The van der Waals surface area contributed by atoms with Crippen molar-refractivity contribution in [1.29, 1.82) is 0 Å². The van der Waals surface area contributed by atoms with Gasteiger partial charge in [0.2, 0.25) is 5.91 Å². The molecule has 9 nitrogen and oxygen atoms in total. The minimum Gasteiger partial charge on any atom is -0.495 e. The van der Waals surface area contributed by atoms with Gasteiger partial charge in [-0.2, -0.15) is 0 Å². The number of ether oxygens (including phenoxy) is 1. The Morgan fingerprint density at radius 1 is 1.06 bits per heavy atom. The van der Waals surface area contributed by atoms with Crippen LogP contribution >= 0.6 is 11.8 Å². The standard InChI is InChI=1S/C22H20N4O5S/c1-24-15-9-8-13(10-16(15)25(2)21(24)29)11-18-20(28)26(22(30)32-18)12-19(27)23-14-6-4-5-7-17(14)31-3/h4-11H,12H2,1-3H3,(H,23,27)/b18-11+. The van der Waals surface area contributed by atoms with Crippen molar-refractivity contribution in [2.45, 2.75) is 0 Å². The summed E-state index contributed by atoms with van der Waals surface area (Å²) in [7, 11) is 4.84. The van der Waals surface area contributed by atoms with Gasteiger partial charge in [-0.1, -0.05) is 18.2 Å². The number of nitrogens with one attached hydrogen (secondary N) is 1. The van der Waals surface area contributed by atoms with Gasteiger partial charge in [0.05, 0.1) is 28.7 Å². The second-order valence-electron chi connectivity index (χ2n) is 7.17. The molecule has 0 aliphatic carbocycles. The van der Waals surface area contributed by atoms with Crippen LogP contribution in [0, 0.1) is 0 Å². The number of para-hydroxylation sites is 2. The molecule has 0 saturated carbocycles. The molecule has 3 aromatic rings. The average Bonchev–Trinajstić information content (AvgIpc) is 3.16. The molecule has 0 radical (unpaired) electrons. The van der Waals surface area contributed by atoms with Crippen molar-refractivity contribution >= 4 is 51.6 Å². The van der Waals surface area contributed by atoms with E-state index in [1.165, 1.54) is 16.2 Å². The van der Waals surface area contributed by atoms with Crippen molar-refractivity contribution < 1.29 is 19.1 Å². The van der Waals surface area contributed by atoms with Crippen molar-refractivity contribution in [2.75, 3.05) is 19.0 Å². The number of rotatable bonds is 5. The first-order chi connectivity index (χ1) is 15.3. The molecule has 32 heavy (non-hydrogen) atoms. The van der Waals surface area contributed by atoms with Crippen LogP contribution in [0.2, 0.25) is 0 Å². The summed E-state index contributed by atoms with van der Waals surface area (Å²) in [5, 5.41) is 2.13. The molecule has 1 saturated heterocycles. The van der Waals surface area contributed by atoms with E-state index in [1.54, 1.807) is 62.6 Å². The quantitative estimate of drug-likeness (QED) is 0.597. The Hall–Kier alpha value is -3.79. The van der Waals surface area contributed by atoms with Crippen LogP contribution in [0.25, 0.3) is 17.1 Å². The van der Waals surface area contributed by atoms with E-state index in [1.807, 2.05) is 0 Å². The van der Waals surface area contributed by atoms with Crippen molar-refractivity contribution in [1.82, 2.24) is 14.0 Å². The zero-order valence-corrected chi connectivity index (χ0v) is 18.4. The van der Waals surface area contributed by atoms with E-state index in [2.05, 4.69) is 5.32 Å². The number of thioether (sulfide) groups is 1. The van der Waals surface area contributed by atoms with Crippen LogP contribution in [0.15, 0.2) is 52.2 Å². The van der Waals surface area contributed by atoms with Crippen LogP contribution in [0.4, 0.5) is 10.5 Å². The average molecular weight is 452 g/mol. The Kier molecular flexibility index (Phi) is 5.62. The summed E-state index contributed by atoms with van der Waals surface area (Å²) in [6.45, 7) is -0.410. The Morgan fingerprint density at radius 2 is 1.78 bits per heavy atom. The zero-order valence-electron chi connectivity index (χ0n) is 17.6. The van der Waals surface area contributed by atoms with Gasteiger partial charge in [-0.3, -0.25) is 28.4 Å². The molecule has 0 bridgehead atoms. The van der Waals surface area contributed by atoms with Crippen molar-refractivity contribution in [3.8, 4) is 5.75 Å². The predicted molar refractivity (Wildman–Crippen MR) is 122 cm³/mol. The van der Waals surface area contributed by atoms with Crippen LogP contribution in [-0.2, 0) is 23.7 Å². The highest BCUT2D eigenvalue weighted by Crippen LogP contribution is 2.32. The minimum absolute atomic E-state index is 0.154. The first-order valence-electron chi connectivity index (χ1n) is 9.64. The van der Waals surface area contributed by atoms with E-state index >= 15 is 0 Å². The second kappa shape index (κ2) is 8.39. The van der Waals surface area contributed by atoms with E-state index in [4.69, 9.17) is 4.74 Å². The molecular formula is C22H20N4O5S. The number of anilines is 1. The molecule has 3 amide bonds. The van der Waals surface area contributed by atoms with Crippen molar-refractivity contribution in [2.24, 2.45) is 14.1 Å². The molecule has 0 atom stereocenters. The molecule has 4 rings (SSSR count). The lowest BCUT2D eigenvalue weighted by molar-refractivity contribution is -0.127. The van der Waals surface area contributed by atoms with Crippen LogP contribution < -0.4 is 15.7 Å². The summed E-state index contributed by atoms with van der Waals surface area (Å²) in [5.41, 5.74) is 2.43.